The van der Waals surface area contributed by atoms with Gasteiger partial charge in [0, 0.05) is 17.9 Å². The van der Waals surface area contributed by atoms with Gasteiger partial charge in [0.1, 0.15) is 5.82 Å². The monoisotopic (exact) mass is 386 g/mol. The number of carbonyl (C=O) groups excluding carboxylic acids is 1. The smallest absolute Gasteiger partial charge is 0.323 e. The maximum absolute atomic E-state index is 14.0. The van der Waals surface area contributed by atoms with E-state index in [0.29, 0.717) is 43.9 Å². The molecular weight excluding hydrogens is 363 g/mol. The lowest BCUT2D eigenvalue weighted by Gasteiger charge is -2.30. The molecule has 1 aromatic carbocycles. The lowest BCUT2D eigenvalue weighted by atomic mass is 9.97. The molecule has 2 amide bonds. The Balaban J connectivity index is 1.59. The summed E-state index contributed by atoms with van der Waals surface area (Å²) in [6.45, 7) is 3.65. The number of hydrogen-bond acceptors (Lipinski definition) is 4. The van der Waals surface area contributed by atoms with E-state index in [-0.39, 0.29) is 5.92 Å². The van der Waals surface area contributed by atoms with E-state index in [1.807, 2.05) is 6.92 Å². The Morgan fingerprint density at radius 3 is 2.54 bits per heavy atom. The summed E-state index contributed by atoms with van der Waals surface area (Å²) in [5.41, 5.74) is 2.46. The lowest BCUT2D eigenvalue weighted by molar-refractivity contribution is -0.143. The molecule has 0 saturated carbocycles. The van der Waals surface area contributed by atoms with Crippen LogP contribution in [-0.2, 0) is 11.3 Å². The SMILES string of the molecule is Cc1ccc(NC(=O)Nc2cc(F)cc(CN3CCC(C(=O)O)CC3)c2)cn1. The molecule has 3 N–H and O–H groups in total. The lowest BCUT2D eigenvalue weighted by Crippen LogP contribution is -2.35. The van der Waals surface area contributed by atoms with Gasteiger partial charge < -0.3 is 15.7 Å². The molecule has 0 unspecified atom stereocenters. The van der Waals surface area contributed by atoms with Crippen LogP contribution in [0.4, 0.5) is 20.6 Å². The van der Waals surface area contributed by atoms with Crippen LogP contribution >= 0.6 is 0 Å². The summed E-state index contributed by atoms with van der Waals surface area (Å²) >= 11 is 0. The van der Waals surface area contributed by atoms with E-state index < -0.39 is 17.8 Å². The number of aromatic nitrogens is 1. The minimum atomic E-state index is -0.758. The Hall–Kier alpha value is -3.00. The molecule has 2 heterocycles. The summed E-state index contributed by atoms with van der Waals surface area (Å²) < 4.78 is 14.0. The van der Waals surface area contributed by atoms with Crippen LogP contribution in [0.25, 0.3) is 0 Å². The zero-order chi connectivity index (χ0) is 20.1. The largest absolute Gasteiger partial charge is 0.481 e. The normalized spacial score (nSPS) is 15.2. The molecule has 7 nitrogen and oxygen atoms in total. The van der Waals surface area contributed by atoms with Crippen molar-refractivity contribution in [1.82, 2.24) is 9.88 Å². The van der Waals surface area contributed by atoms with Gasteiger partial charge in [-0.3, -0.25) is 14.7 Å². The van der Waals surface area contributed by atoms with Crippen LogP contribution in [0.1, 0.15) is 24.1 Å². The molecular formula is C20H23FN4O3. The third kappa shape index (κ3) is 5.50. The third-order valence-electron chi connectivity index (χ3n) is 4.73. The molecule has 0 aliphatic carbocycles. The van der Waals surface area contributed by atoms with Crippen molar-refractivity contribution < 1.29 is 19.1 Å². The molecule has 1 fully saturated rings. The van der Waals surface area contributed by atoms with Crippen LogP contribution in [0.5, 0.6) is 0 Å². The molecule has 3 rings (SSSR count). The second-order valence-corrected chi connectivity index (χ2v) is 7.00. The van der Waals surface area contributed by atoms with Crippen molar-refractivity contribution in [2.24, 2.45) is 5.92 Å². The van der Waals surface area contributed by atoms with Crippen molar-refractivity contribution in [1.29, 1.82) is 0 Å². The number of benzene rings is 1. The number of rotatable bonds is 5. The van der Waals surface area contributed by atoms with Gasteiger partial charge in [-0.15, -0.1) is 0 Å². The first-order valence-corrected chi connectivity index (χ1v) is 9.14. The molecule has 1 aliphatic rings. The zero-order valence-electron chi connectivity index (χ0n) is 15.6. The molecule has 0 radical (unpaired) electrons. The van der Waals surface area contributed by atoms with Crippen LogP contribution in [0, 0.1) is 18.7 Å². The van der Waals surface area contributed by atoms with Crippen molar-refractivity contribution in [3.63, 3.8) is 0 Å². The fourth-order valence-electron chi connectivity index (χ4n) is 3.25. The Kier molecular flexibility index (Phi) is 6.20. The number of carboxylic acids is 1. The minimum Gasteiger partial charge on any atom is -0.481 e. The fourth-order valence-corrected chi connectivity index (χ4v) is 3.25. The number of nitrogens with one attached hydrogen (secondary N) is 2. The van der Waals surface area contributed by atoms with Crippen LogP contribution in [0.3, 0.4) is 0 Å². The second kappa shape index (κ2) is 8.79. The molecule has 0 spiro atoms. The predicted octanol–water partition coefficient (Wildman–Crippen LogP) is 3.47. The van der Waals surface area contributed by atoms with Crippen molar-refractivity contribution in [2.45, 2.75) is 26.3 Å². The molecule has 1 saturated heterocycles. The van der Waals surface area contributed by atoms with Gasteiger partial charge in [-0.1, -0.05) is 0 Å². The summed E-state index contributed by atoms with van der Waals surface area (Å²) in [5.74, 6) is -1.50. The number of piperidine rings is 1. The van der Waals surface area contributed by atoms with Gasteiger partial charge in [0.25, 0.3) is 0 Å². The number of urea groups is 1. The van der Waals surface area contributed by atoms with Gasteiger partial charge in [-0.2, -0.15) is 0 Å². The maximum Gasteiger partial charge on any atom is 0.323 e. The van der Waals surface area contributed by atoms with Crippen molar-refractivity contribution >= 4 is 23.4 Å². The maximum atomic E-state index is 14.0. The van der Waals surface area contributed by atoms with Gasteiger partial charge in [0.05, 0.1) is 17.8 Å². The van der Waals surface area contributed by atoms with Crippen LogP contribution < -0.4 is 10.6 Å². The van der Waals surface area contributed by atoms with Gasteiger partial charge in [0.15, 0.2) is 0 Å². The number of carbonyl (C=O) groups is 2. The highest BCUT2D eigenvalue weighted by Gasteiger charge is 2.24. The van der Waals surface area contributed by atoms with E-state index in [4.69, 9.17) is 5.11 Å². The number of hydrogen-bond donors (Lipinski definition) is 3. The average Bonchev–Trinajstić information content (AvgIpc) is 2.63. The number of aliphatic carboxylic acids is 1. The van der Waals surface area contributed by atoms with E-state index in [0.717, 1.165) is 11.3 Å². The number of anilines is 2. The van der Waals surface area contributed by atoms with Crippen LogP contribution in [0.15, 0.2) is 36.5 Å². The number of pyridine rings is 1. The number of amides is 2. The van der Waals surface area contributed by atoms with Gasteiger partial charge in [-0.25, -0.2) is 9.18 Å². The van der Waals surface area contributed by atoms with Gasteiger partial charge >= 0.3 is 12.0 Å². The van der Waals surface area contributed by atoms with E-state index >= 15 is 0 Å². The third-order valence-corrected chi connectivity index (χ3v) is 4.73. The number of carboxylic acid groups (broad SMARTS) is 1. The number of aryl methyl sites for hydroxylation is 1. The Morgan fingerprint density at radius 2 is 1.89 bits per heavy atom. The standard InChI is InChI=1S/C20H23FN4O3/c1-13-2-3-17(11-22-13)23-20(28)24-18-9-14(8-16(21)10-18)12-25-6-4-15(5-7-25)19(26)27/h2-3,8-11,15H,4-7,12H2,1H3,(H,26,27)(H2,23,24,28). The summed E-state index contributed by atoms with van der Waals surface area (Å²) in [5, 5.41) is 14.4. The zero-order valence-corrected chi connectivity index (χ0v) is 15.6. The molecule has 1 aromatic heterocycles. The highest BCUT2D eigenvalue weighted by Crippen LogP contribution is 2.21. The Bertz CT molecular complexity index is 849. The highest BCUT2D eigenvalue weighted by molar-refractivity contribution is 5.99. The Labute approximate surface area is 162 Å². The van der Waals surface area contributed by atoms with Crippen molar-refractivity contribution in [3.8, 4) is 0 Å². The topological polar surface area (TPSA) is 94.6 Å². The van der Waals surface area contributed by atoms with Crippen molar-refractivity contribution in [3.05, 3.63) is 53.6 Å². The second-order valence-electron chi connectivity index (χ2n) is 7.00. The fraction of sp³-hybridized carbons (Fsp3) is 0.350. The molecule has 0 atom stereocenters. The predicted molar refractivity (Wildman–Crippen MR) is 104 cm³/mol. The summed E-state index contributed by atoms with van der Waals surface area (Å²) in [4.78, 5) is 29.4. The Morgan fingerprint density at radius 1 is 1.18 bits per heavy atom. The molecule has 0 bridgehead atoms. The van der Waals surface area contributed by atoms with Crippen LogP contribution in [0.2, 0.25) is 0 Å². The minimum absolute atomic E-state index is 0.305. The molecule has 2 aromatic rings. The number of nitrogens with zero attached hydrogens (tertiary/aromatic N) is 2. The highest BCUT2D eigenvalue weighted by atomic mass is 19.1. The number of likely N-dealkylation sites (tertiary alicyclic amines) is 1. The van der Waals surface area contributed by atoms with Gasteiger partial charge in [-0.05, 0) is 68.8 Å². The first-order chi connectivity index (χ1) is 13.4. The first kappa shape index (κ1) is 19.8. The quantitative estimate of drug-likeness (QED) is 0.731. The van der Waals surface area contributed by atoms with E-state index in [1.165, 1.54) is 12.1 Å². The molecule has 148 valence electrons. The van der Waals surface area contributed by atoms with E-state index in [1.54, 1.807) is 24.4 Å². The summed E-state index contributed by atoms with van der Waals surface area (Å²) in [6, 6.07) is 7.44. The summed E-state index contributed by atoms with van der Waals surface area (Å²) in [7, 11) is 0. The van der Waals surface area contributed by atoms with Crippen molar-refractivity contribution in [2.75, 3.05) is 23.7 Å². The van der Waals surface area contributed by atoms with Gasteiger partial charge in [0.2, 0.25) is 0 Å². The van der Waals surface area contributed by atoms with E-state index in [9.17, 15) is 14.0 Å². The summed E-state index contributed by atoms with van der Waals surface area (Å²) in [6.07, 6.45) is 2.72. The van der Waals surface area contributed by atoms with E-state index in [2.05, 4.69) is 20.5 Å². The number of halogens is 1. The average molecular weight is 386 g/mol. The first-order valence-electron chi connectivity index (χ1n) is 9.14. The van der Waals surface area contributed by atoms with Crippen LogP contribution in [-0.4, -0.2) is 40.1 Å². The molecule has 1 aliphatic heterocycles. The molecule has 8 heteroatoms. The molecule has 28 heavy (non-hydrogen) atoms.